The van der Waals surface area contributed by atoms with Gasteiger partial charge in [0.1, 0.15) is 0 Å². The van der Waals surface area contributed by atoms with Crippen LogP contribution in [0.5, 0.6) is 0 Å². The third-order valence-electron chi connectivity index (χ3n) is 3.17. The third kappa shape index (κ3) is 3.22. The lowest BCUT2D eigenvalue weighted by molar-refractivity contribution is 0.102. The van der Waals surface area contributed by atoms with Gasteiger partial charge in [0.05, 0.1) is 0 Å². The maximum absolute atomic E-state index is 12.3. The molecule has 0 fully saturated rings. The summed E-state index contributed by atoms with van der Waals surface area (Å²) in [6.45, 7) is 5.85. The lowest BCUT2D eigenvalue weighted by atomic mass is 10.1. The summed E-state index contributed by atoms with van der Waals surface area (Å²) in [7, 11) is 0. The summed E-state index contributed by atoms with van der Waals surface area (Å²) in [5.41, 5.74) is 4.39. The first-order valence-electron chi connectivity index (χ1n) is 6.22. The van der Waals surface area contributed by atoms with Crippen molar-refractivity contribution >= 4 is 39.1 Å². The fraction of sp³-hybridized carbons (Fsp3) is 0.188. The van der Waals surface area contributed by atoms with Gasteiger partial charge in [-0.15, -0.1) is 0 Å². The van der Waals surface area contributed by atoms with Gasteiger partial charge in [-0.1, -0.05) is 33.6 Å². The van der Waals surface area contributed by atoms with Crippen molar-refractivity contribution in [3.8, 4) is 0 Å². The van der Waals surface area contributed by atoms with Gasteiger partial charge in [0.2, 0.25) is 0 Å². The number of carbonyl (C=O) groups is 1. The minimum Gasteiger partial charge on any atom is -0.322 e. The molecule has 0 bridgehead atoms. The van der Waals surface area contributed by atoms with E-state index in [1.165, 1.54) is 0 Å². The molecule has 2 aromatic carbocycles. The summed E-state index contributed by atoms with van der Waals surface area (Å²) < 4.78 is 1.00. The Hall–Kier alpha value is -1.32. The van der Waals surface area contributed by atoms with Crippen LogP contribution in [0.3, 0.4) is 0 Å². The molecule has 4 heteroatoms. The first kappa shape index (κ1) is 15.1. The zero-order valence-corrected chi connectivity index (χ0v) is 13.9. The molecule has 2 aromatic rings. The zero-order chi connectivity index (χ0) is 14.9. The third-order valence-corrected chi connectivity index (χ3v) is 4.04. The van der Waals surface area contributed by atoms with Crippen molar-refractivity contribution in [3.63, 3.8) is 0 Å². The topological polar surface area (TPSA) is 29.1 Å². The Bertz CT molecular complexity index is 659. The smallest absolute Gasteiger partial charge is 0.255 e. The van der Waals surface area contributed by atoms with Gasteiger partial charge < -0.3 is 5.32 Å². The highest BCUT2D eigenvalue weighted by Gasteiger charge is 2.11. The summed E-state index contributed by atoms with van der Waals surface area (Å²) in [6, 6.07) is 9.27. The van der Waals surface area contributed by atoms with E-state index in [1.807, 2.05) is 39.0 Å². The number of amides is 1. The molecular formula is C16H15BrClNO. The second-order valence-electron chi connectivity index (χ2n) is 4.83. The summed E-state index contributed by atoms with van der Waals surface area (Å²) in [5.74, 6) is -0.152. The van der Waals surface area contributed by atoms with Gasteiger partial charge >= 0.3 is 0 Å². The standard InChI is InChI=1S/C16H15BrClNO/c1-9-4-5-12(8-14(9)18)16(20)19-15-10(2)6-13(17)7-11(15)3/h4-8H,1-3H3,(H,19,20). The highest BCUT2D eigenvalue weighted by Crippen LogP contribution is 2.26. The zero-order valence-electron chi connectivity index (χ0n) is 11.6. The molecule has 0 aliphatic carbocycles. The largest absolute Gasteiger partial charge is 0.322 e. The number of halogens is 2. The summed E-state index contributed by atoms with van der Waals surface area (Å²) in [5, 5.41) is 3.55. The van der Waals surface area contributed by atoms with Crippen molar-refractivity contribution in [1.29, 1.82) is 0 Å². The van der Waals surface area contributed by atoms with Crippen molar-refractivity contribution in [1.82, 2.24) is 0 Å². The minimum atomic E-state index is -0.152. The highest BCUT2D eigenvalue weighted by atomic mass is 79.9. The first-order chi connectivity index (χ1) is 9.38. The Morgan fingerprint density at radius 2 is 1.65 bits per heavy atom. The molecule has 0 heterocycles. The van der Waals surface area contributed by atoms with E-state index in [0.717, 1.165) is 26.9 Å². The van der Waals surface area contributed by atoms with Crippen LogP contribution in [0.15, 0.2) is 34.8 Å². The van der Waals surface area contributed by atoms with E-state index in [0.29, 0.717) is 10.6 Å². The fourth-order valence-electron chi connectivity index (χ4n) is 2.03. The lowest BCUT2D eigenvalue weighted by Gasteiger charge is -2.12. The number of anilines is 1. The Labute approximate surface area is 132 Å². The van der Waals surface area contributed by atoms with Crippen molar-refractivity contribution in [3.05, 3.63) is 62.1 Å². The van der Waals surface area contributed by atoms with E-state index in [4.69, 9.17) is 11.6 Å². The molecule has 0 saturated carbocycles. The molecule has 2 nitrogen and oxygen atoms in total. The normalized spacial score (nSPS) is 10.4. The quantitative estimate of drug-likeness (QED) is 0.782. The summed E-state index contributed by atoms with van der Waals surface area (Å²) in [6.07, 6.45) is 0. The number of hydrogen-bond donors (Lipinski definition) is 1. The predicted molar refractivity (Wildman–Crippen MR) is 87.8 cm³/mol. The molecule has 0 aromatic heterocycles. The van der Waals surface area contributed by atoms with E-state index in [-0.39, 0.29) is 5.91 Å². The van der Waals surface area contributed by atoms with E-state index < -0.39 is 0 Å². The second-order valence-corrected chi connectivity index (χ2v) is 6.16. The molecule has 104 valence electrons. The van der Waals surface area contributed by atoms with Crippen LogP contribution in [0, 0.1) is 20.8 Å². The number of nitrogens with one attached hydrogen (secondary N) is 1. The van der Waals surface area contributed by atoms with Crippen molar-refractivity contribution in [2.24, 2.45) is 0 Å². The summed E-state index contributed by atoms with van der Waals surface area (Å²) in [4.78, 5) is 12.3. The van der Waals surface area contributed by atoms with Gasteiger partial charge in [0, 0.05) is 20.7 Å². The van der Waals surface area contributed by atoms with Crippen LogP contribution in [-0.2, 0) is 0 Å². The van der Waals surface area contributed by atoms with Crippen LogP contribution in [0.4, 0.5) is 5.69 Å². The van der Waals surface area contributed by atoms with Crippen LogP contribution in [0.1, 0.15) is 27.0 Å². The monoisotopic (exact) mass is 351 g/mol. The minimum absolute atomic E-state index is 0.152. The Morgan fingerprint density at radius 1 is 1.05 bits per heavy atom. The Morgan fingerprint density at radius 3 is 2.20 bits per heavy atom. The van der Waals surface area contributed by atoms with Crippen LogP contribution in [0.2, 0.25) is 5.02 Å². The first-order valence-corrected chi connectivity index (χ1v) is 7.40. The SMILES string of the molecule is Cc1ccc(C(=O)Nc2c(C)cc(Br)cc2C)cc1Cl. The number of aryl methyl sites for hydroxylation is 3. The van der Waals surface area contributed by atoms with Gasteiger partial charge in [0.25, 0.3) is 5.91 Å². The van der Waals surface area contributed by atoms with Crippen LogP contribution >= 0.6 is 27.5 Å². The molecule has 20 heavy (non-hydrogen) atoms. The lowest BCUT2D eigenvalue weighted by Crippen LogP contribution is -2.14. The van der Waals surface area contributed by atoms with E-state index in [1.54, 1.807) is 12.1 Å². The molecular weight excluding hydrogens is 338 g/mol. The number of carbonyl (C=O) groups excluding carboxylic acids is 1. The summed E-state index contributed by atoms with van der Waals surface area (Å²) >= 11 is 9.50. The fourth-order valence-corrected chi connectivity index (χ4v) is 2.89. The van der Waals surface area contributed by atoms with Gasteiger partial charge in [-0.3, -0.25) is 4.79 Å². The van der Waals surface area contributed by atoms with Crippen molar-refractivity contribution in [2.75, 3.05) is 5.32 Å². The van der Waals surface area contributed by atoms with Crippen LogP contribution in [0.25, 0.3) is 0 Å². The van der Waals surface area contributed by atoms with Gasteiger partial charge in [-0.05, 0) is 61.7 Å². The maximum Gasteiger partial charge on any atom is 0.255 e. The molecule has 0 aliphatic heterocycles. The van der Waals surface area contributed by atoms with Crippen LogP contribution < -0.4 is 5.32 Å². The maximum atomic E-state index is 12.3. The molecule has 0 unspecified atom stereocenters. The molecule has 1 amide bonds. The number of rotatable bonds is 2. The number of benzene rings is 2. The molecule has 0 spiro atoms. The van der Waals surface area contributed by atoms with Gasteiger partial charge in [-0.25, -0.2) is 0 Å². The average Bonchev–Trinajstić information content (AvgIpc) is 2.36. The van der Waals surface area contributed by atoms with E-state index in [9.17, 15) is 4.79 Å². The van der Waals surface area contributed by atoms with Crippen molar-refractivity contribution < 1.29 is 4.79 Å². The average molecular weight is 353 g/mol. The van der Waals surface area contributed by atoms with Crippen LogP contribution in [-0.4, -0.2) is 5.91 Å². The molecule has 2 rings (SSSR count). The molecule has 0 saturated heterocycles. The Balaban J connectivity index is 2.30. The molecule has 1 N–H and O–H groups in total. The van der Waals surface area contributed by atoms with E-state index in [2.05, 4.69) is 21.2 Å². The van der Waals surface area contributed by atoms with Gasteiger partial charge in [0.15, 0.2) is 0 Å². The molecule has 0 aliphatic rings. The number of hydrogen-bond acceptors (Lipinski definition) is 1. The molecule has 0 atom stereocenters. The second kappa shape index (κ2) is 5.98. The predicted octanol–water partition coefficient (Wildman–Crippen LogP) is 5.28. The Kier molecular flexibility index (Phi) is 4.51. The van der Waals surface area contributed by atoms with E-state index >= 15 is 0 Å². The highest BCUT2D eigenvalue weighted by molar-refractivity contribution is 9.10. The van der Waals surface area contributed by atoms with Gasteiger partial charge in [-0.2, -0.15) is 0 Å². The van der Waals surface area contributed by atoms with Crippen molar-refractivity contribution in [2.45, 2.75) is 20.8 Å². The molecule has 0 radical (unpaired) electrons.